The van der Waals surface area contributed by atoms with E-state index in [4.69, 9.17) is 5.11 Å². The average Bonchev–Trinajstić information content (AvgIpc) is 1.62. The van der Waals surface area contributed by atoms with Gasteiger partial charge in [-0.3, -0.25) is 4.79 Å². The van der Waals surface area contributed by atoms with Gasteiger partial charge in [0.1, 0.15) is 4.75 Å². The molecule has 0 radical (unpaired) electrons. The normalized spacial score (nSPS) is 18.1. The van der Waals surface area contributed by atoms with Crippen molar-refractivity contribution in [1.82, 2.24) is 0 Å². The lowest BCUT2D eigenvalue weighted by atomic mass is 9.81. The van der Waals surface area contributed by atoms with Gasteiger partial charge in [0.15, 0.2) is 0 Å². The van der Waals surface area contributed by atoms with Crippen molar-refractivity contribution in [3.05, 3.63) is 0 Å². The van der Waals surface area contributed by atoms with E-state index in [1.54, 1.807) is 6.92 Å². The second-order valence-electron chi connectivity index (χ2n) is 3.63. The molecule has 1 N–H and O–H groups in total. The number of hydrogen-bond donors (Lipinski definition) is 2. The molecule has 10 heavy (non-hydrogen) atoms. The van der Waals surface area contributed by atoms with Crippen LogP contribution in [0.25, 0.3) is 0 Å². The molecule has 0 spiro atoms. The van der Waals surface area contributed by atoms with Crippen molar-refractivity contribution >= 4 is 18.6 Å². The molecule has 1 unspecified atom stereocenters. The first kappa shape index (κ1) is 9.82. The number of hydrogen-bond acceptors (Lipinski definition) is 2. The molecular formula is C7H14O2S. The summed E-state index contributed by atoms with van der Waals surface area (Å²) in [6, 6.07) is 0. The Labute approximate surface area is 67.0 Å². The van der Waals surface area contributed by atoms with Crippen molar-refractivity contribution < 1.29 is 9.90 Å². The number of rotatable bonds is 1. The summed E-state index contributed by atoms with van der Waals surface area (Å²) in [5.74, 6) is -0.872. The van der Waals surface area contributed by atoms with Gasteiger partial charge in [0, 0.05) is 0 Å². The van der Waals surface area contributed by atoms with E-state index in [0.29, 0.717) is 0 Å². The van der Waals surface area contributed by atoms with Crippen LogP contribution in [-0.2, 0) is 4.79 Å². The summed E-state index contributed by atoms with van der Waals surface area (Å²) in [6.45, 7) is 7.18. The third-order valence-corrected chi connectivity index (χ3v) is 2.74. The fraction of sp³-hybridized carbons (Fsp3) is 0.857. The smallest absolute Gasteiger partial charge is 0.319 e. The second-order valence-corrected chi connectivity index (χ2v) is 4.52. The van der Waals surface area contributed by atoms with Crippen LogP contribution in [0.1, 0.15) is 27.7 Å². The third kappa shape index (κ3) is 1.66. The Bertz CT molecular complexity index is 144. The molecule has 0 rings (SSSR count). The first-order valence-electron chi connectivity index (χ1n) is 3.15. The quantitative estimate of drug-likeness (QED) is 0.577. The Kier molecular flexibility index (Phi) is 2.41. The molecule has 1 atom stereocenters. The van der Waals surface area contributed by atoms with Crippen LogP contribution in [0.15, 0.2) is 0 Å². The highest BCUT2D eigenvalue weighted by atomic mass is 32.1. The summed E-state index contributed by atoms with van der Waals surface area (Å²) in [5, 5.41) is 8.70. The lowest BCUT2D eigenvalue weighted by molar-refractivity contribution is -0.142. The SMILES string of the molecule is CC(C)(C)C(C)(S)C(=O)O. The maximum Gasteiger partial charge on any atom is 0.319 e. The highest BCUT2D eigenvalue weighted by Crippen LogP contribution is 2.35. The van der Waals surface area contributed by atoms with Gasteiger partial charge in [0.05, 0.1) is 0 Å². The standard InChI is InChI=1S/C7H14O2S/c1-6(2,3)7(4,10)5(8)9/h10H,1-4H3,(H,8,9). The highest BCUT2D eigenvalue weighted by molar-refractivity contribution is 7.82. The van der Waals surface area contributed by atoms with Crippen LogP contribution >= 0.6 is 12.6 Å². The monoisotopic (exact) mass is 162 g/mol. The molecule has 0 bridgehead atoms. The molecule has 60 valence electrons. The van der Waals surface area contributed by atoms with Crippen LogP contribution in [-0.4, -0.2) is 15.8 Å². The minimum atomic E-state index is -0.951. The van der Waals surface area contributed by atoms with Crippen LogP contribution in [0.3, 0.4) is 0 Å². The maximum atomic E-state index is 10.6. The van der Waals surface area contributed by atoms with Crippen molar-refractivity contribution in [3.63, 3.8) is 0 Å². The van der Waals surface area contributed by atoms with Gasteiger partial charge >= 0.3 is 5.97 Å². The Morgan fingerprint density at radius 3 is 1.60 bits per heavy atom. The van der Waals surface area contributed by atoms with Gasteiger partial charge in [-0.25, -0.2) is 0 Å². The zero-order valence-corrected chi connectivity index (χ0v) is 7.70. The van der Waals surface area contributed by atoms with Gasteiger partial charge in [0.25, 0.3) is 0 Å². The zero-order valence-electron chi connectivity index (χ0n) is 6.80. The van der Waals surface area contributed by atoms with Gasteiger partial charge in [-0.15, -0.1) is 0 Å². The van der Waals surface area contributed by atoms with Crippen LogP contribution in [0.4, 0.5) is 0 Å². The fourth-order valence-electron chi connectivity index (χ4n) is 0.321. The maximum absolute atomic E-state index is 10.6. The first-order chi connectivity index (χ1) is 4.19. The third-order valence-electron chi connectivity index (χ3n) is 1.88. The Morgan fingerprint density at radius 2 is 1.60 bits per heavy atom. The van der Waals surface area contributed by atoms with Crippen molar-refractivity contribution in [2.75, 3.05) is 0 Å². The van der Waals surface area contributed by atoms with Crippen molar-refractivity contribution in [1.29, 1.82) is 0 Å². The van der Waals surface area contributed by atoms with Gasteiger partial charge in [-0.1, -0.05) is 20.8 Å². The summed E-state index contributed by atoms with van der Waals surface area (Å²) in [7, 11) is 0. The zero-order chi connectivity index (χ0) is 8.58. The minimum absolute atomic E-state index is 0.318. The van der Waals surface area contributed by atoms with Gasteiger partial charge in [0.2, 0.25) is 0 Å². The topological polar surface area (TPSA) is 37.3 Å². The molecule has 2 nitrogen and oxygen atoms in total. The number of carbonyl (C=O) groups is 1. The molecule has 0 fully saturated rings. The van der Waals surface area contributed by atoms with Gasteiger partial charge < -0.3 is 5.11 Å². The van der Waals surface area contributed by atoms with E-state index in [0.717, 1.165) is 0 Å². The Hall–Kier alpha value is -0.180. The molecule has 0 aliphatic rings. The van der Waals surface area contributed by atoms with Crippen molar-refractivity contribution in [2.24, 2.45) is 5.41 Å². The van der Waals surface area contributed by atoms with Gasteiger partial charge in [-0.05, 0) is 12.3 Å². The lowest BCUT2D eigenvalue weighted by Gasteiger charge is -2.33. The van der Waals surface area contributed by atoms with E-state index in [1.165, 1.54) is 0 Å². The van der Waals surface area contributed by atoms with Crippen molar-refractivity contribution in [3.8, 4) is 0 Å². The predicted molar refractivity (Wildman–Crippen MR) is 44.5 cm³/mol. The molecule has 0 saturated carbocycles. The highest BCUT2D eigenvalue weighted by Gasteiger charge is 2.40. The lowest BCUT2D eigenvalue weighted by Crippen LogP contribution is -2.41. The summed E-state index contributed by atoms with van der Waals surface area (Å²) in [6.07, 6.45) is 0. The Balaban J connectivity index is 4.57. The van der Waals surface area contributed by atoms with Crippen molar-refractivity contribution in [2.45, 2.75) is 32.4 Å². The van der Waals surface area contributed by atoms with E-state index in [1.807, 2.05) is 20.8 Å². The van der Waals surface area contributed by atoms with Crippen LogP contribution in [0.5, 0.6) is 0 Å². The summed E-state index contributed by atoms with van der Waals surface area (Å²) < 4.78 is -0.951. The number of carboxylic acids is 1. The summed E-state index contributed by atoms with van der Waals surface area (Å²) in [5.41, 5.74) is -0.318. The Morgan fingerprint density at radius 1 is 1.30 bits per heavy atom. The molecule has 0 aromatic heterocycles. The molecule has 0 aliphatic carbocycles. The number of thiol groups is 1. The number of carboxylic acid groups (broad SMARTS) is 1. The van der Waals surface area contributed by atoms with Crippen LogP contribution in [0.2, 0.25) is 0 Å². The molecule has 0 saturated heterocycles. The van der Waals surface area contributed by atoms with Gasteiger partial charge in [-0.2, -0.15) is 12.6 Å². The largest absolute Gasteiger partial charge is 0.480 e. The van der Waals surface area contributed by atoms with E-state index in [2.05, 4.69) is 12.6 Å². The summed E-state index contributed by atoms with van der Waals surface area (Å²) >= 11 is 4.06. The molecular weight excluding hydrogens is 148 g/mol. The molecule has 0 aromatic carbocycles. The van der Waals surface area contributed by atoms with E-state index in [9.17, 15) is 4.79 Å². The van der Waals surface area contributed by atoms with E-state index < -0.39 is 10.7 Å². The molecule has 0 heterocycles. The van der Waals surface area contributed by atoms with E-state index in [-0.39, 0.29) is 5.41 Å². The second kappa shape index (κ2) is 2.46. The average molecular weight is 162 g/mol. The van der Waals surface area contributed by atoms with Crippen LogP contribution in [0, 0.1) is 5.41 Å². The van der Waals surface area contributed by atoms with E-state index >= 15 is 0 Å². The molecule has 0 aromatic rings. The number of aliphatic carboxylic acids is 1. The molecule has 3 heteroatoms. The molecule has 0 aliphatic heterocycles. The predicted octanol–water partition coefficient (Wildman–Crippen LogP) is 1.81. The van der Waals surface area contributed by atoms with Crippen LogP contribution < -0.4 is 0 Å². The first-order valence-corrected chi connectivity index (χ1v) is 3.60. The molecule has 0 amide bonds. The summed E-state index contributed by atoms with van der Waals surface area (Å²) in [4.78, 5) is 10.6. The minimum Gasteiger partial charge on any atom is -0.480 e. The fourth-order valence-corrected chi connectivity index (χ4v) is 0.321.